The van der Waals surface area contributed by atoms with Crippen LogP contribution in [0.4, 0.5) is 0 Å². The molecule has 0 aliphatic carbocycles. The summed E-state index contributed by atoms with van der Waals surface area (Å²) in [7, 11) is 1.65. The van der Waals surface area contributed by atoms with Crippen LogP contribution in [0.15, 0.2) is 36.9 Å². The molecule has 3 heteroatoms. The fourth-order valence-corrected chi connectivity index (χ4v) is 2.70. The lowest BCUT2D eigenvalue weighted by Gasteiger charge is -2.20. The molecule has 0 heterocycles. The van der Waals surface area contributed by atoms with Gasteiger partial charge in [-0.15, -0.1) is 6.58 Å². The summed E-state index contributed by atoms with van der Waals surface area (Å²) in [5, 5.41) is 3.13. The number of rotatable bonds is 11. The predicted molar refractivity (Wildman–Crippen MR) is 96.6 cm³/mol. The quantitative estimate of drug-likeness (QED) is 0.459. The lowest BCUT2D eigenvalue weighted by Crippen LogP contribution is -2.32. The molecule has 0 aliphatic rings. The van der Waals surface area contributed by atoms with Crippen molar-refractivity contribution in [2.75, 3.05) is 7.11 Å². The molecule has 2 atom stereocenters. The summed E-state index contributed by atoms with van der Waals surface area (Å²) in [6.45, 7) is 8.00. The van der Waals surface area contributed by atoms with E-state index in [1.165, 1.54) is 19.3 Å². The van der Waals surface area contributed by atoms with E-state index in [1.54, 1.807) is 7.11 Å². The second kappa shape index (κ2) is 10.9. The van der Waals surface area contributed by atoms with Crippen LogP contribution >= 0.6 is 0 Å². The van der Waals surface area contributed by atoms with Gasteiger partial charge in [0.05, 0.1) is 13.2 Å². The van der Waals surface area contributed by atoms with Crippen molar-refractivity contribution >= 4 is 5.91 Å². The van der Waals surface area contributed by atoms with Crippen molar-refractivity contribution in [3.05, 3.63) is 42.5 Å². The Morgan fingerprint density at radius 2 is 2.13 bits per heavy atom. The summed E-state index contributed by atoms with van der Waals surface area (Å²) >= 11 is 0. The molecule has 3 nitrogen and oxygen atoms in total. The third-order valence-electron chi connectivity index (χ3n) is 4.18. The van der Waals surface area contributed by atoms with Crippen LogP contribution in [0.25, 0.3) is 0 Å². The normalized spacial score (nSPS) is 13.2. The van der Waals surface area contributed by atoms with Gasteiger partial charge in [0, 0.05) is 5.92 Å². The highest BCUT2D eigenvalue weighted by Gasteiger charge is 2.19. The molecule has 0 fully saturated rings. The fourth-order valence-electron chi connectivity index (χ4n) is 2.70. The van der Waals surface area contributed by atoms with Crippen LogP contribution in [-0.2, 0) is 4.79 Å². The van der Waals surface area contributed by atoms with Crippen molar-refractivity contribution in [2.24, 2.45) is 5.92 Å². The summed E-state index contributed by atoms with van der Waals surface area (Å²) in [6, 6.07) is 7.81. The molecule has 1 rings (SSSR count). The standard InChI is InChI=1S/C20H31NO2/c1-5-7-8-9-12-17(11-6-2)20(22)21-16(3)18-13-10-14-19(15-18)23-4/h6,10,13-17H,2,5,7-9,11-12H2,1,3-4H3,(H,21,22)/t16-,17?/m0/s1. The van der Waals surface area contributed by atoms with Crippen LogP contribution in [0.1, 0.15) is 64.0 Å². The number of methoxy groups -OCH3 is 1. The molecule has 0 aliphatic heterocycles. The predicted octanol–water partition coefficient (Wildman–Crippen LogP) is 5.04. The molecule has 0 spiro atoms. The third-order valence-corrected chi connectivity index (χ3v) is 4.18. The third kappa shape index (κ3) is 6.89. The van der Waals surface area contributed by atoms with Gasteiger partial charge in [-0.25, -0.2) is 0 Å². The number of amides is 1. The average Bonchev–Trinajstić information content (AvgIpc) is 2.57. The zero-order valence-electron chi connectivity index (χ0n) is 14.8. The van der Waals surface area contributed by atoms with Crippen molar-refractivity contribution in [1.29, 1.82) is 0 Å². The second-order valence-corrected chi connectivity index (χ2v) is 6.08. The van der Waals surface area contributed by atoms with Gasteiger partial charge >= 0.3 is 0 Å². The highest BCUT2D eigenvalue weighted by molar-refractivity contribution is 5.79. The van der Waals surface area contributed by atoms with E-state index in [0.717, 1.165) is 30.6 Å². The van der Waals surface area contributed by atoms with Crippen LogP contribution in [0.5, 0.6) is 5.75 Å². The molecular weight excluding hydrogens is 286 g/mol. The summed E-state index contributed by atoms with van der Waals surface area (Å²) in [4.78, 5) is 12.5. The molecule has 128 valence electrons. The Hall–Kier alpha value is -1.77. The topological polar surface area (TPSA) is 38.3 Å². The van der Waals surface area contributed by atoms with Gasteiger partial charge in [-0.1, -0.05) is 50.8 Å². The average molecular weight is 317 g/mol. The molecule has 1 unspecified atom stereocenters. The summed E-state index contributed by atoms with van der Waals surface area (Å²) in [5.74, 6) is 0.958. The molecule has 1 N–H and O–H groups in total. The van der Waals surface area contributed by atoms with E-state index in [1.807, 2.05) is 37.3 Å². The van der Waals surface area contributed by atoms with E-state index in [4.69, 9.17) is 4.74 Å². The van der Waals surface area contributed by atoms with E-state index in [-0.39, 0.29) is 17.9 Å². The van der Waals surface area contributed by atoms with Crippen LogP contribution in [0.2, 0.25) is 0 Å². The van der Waals surface area contributed by atoms with Crippen molar-refractivity contribution in [3.8, 4) is 5.75 Å². The Morgan fingerprint density at radius 3 is 2.78 bits per heavy atom. The highest BCUT2D eigenvalue weighted by Crippen LogP contribution is 2.21. The summed E-state index contributed by atoms with van der Waals surface area (Å²) in [6.07, 6.45) is 8.27. The van der Waals surface area contributed by atoms with Gasteiger partial charge in [0.2, 0.25) is 5.91 Å². The molecule has 0 bridgehead atoms. The fraction of sp³-hybridized carbons (Fsp3) is 0.550. The Balaban J connectivity index is 2.59. The molecule has 1 aromatic rings. The van der Waals surface area contributed by atoms with E-state index in [2.05, 4.69) is 18.8 Å². The lowest BCUT2D eigenvalue weighted by atomic mass is 9.95. The van der Waals surface area contributed by atoms with E-state index in [0.29, 0.717) is 0 Å². The van der Waals surface area contributed by atoms with Gasteiger partial charge in [0.15, 0.2) is 0 Å². The van der Waals surface area contributed by atoms with E-state index >= 15 is 0 Å². The largest absolute Gasteiger partial charge is 0.497 e. The maximum atomic E-state index is 12.5. The minimum Gasteiger partial charge on any atom is -0.497 e. The Bertz CT molecular complexity index is 484. The van der Waals surface area contributed by atoms with Crippen LogP contribution in [-0.4, -0.2) is 13.0 Å². The Labute approximate surface area is 141 Å². The van der Waals surface area contributed by atoms with Crippen molar-refractivity contribution in [3.63, 3.8) is 0 Å². The highest BCUT2D eigenvalue weighted by atomic mass is 16.5. The zero-order valence-corrected chi connectivity index (χ0v) is 14.8. The summed E-state index contributed by atoms with van der Waals surface area (Å²) < 4.78 is 5.25. The monoisotopic (exact) mass is 317 g/mol. The second-order valence-electron chi connectivity index (χ2n) is 6.08. The molecular formula is C20H31NO2. The molecule has 23 heavy (non-hydrogen) atoms. The number of hydrogen-bond donors (Lipinski definition) is 1. The van der Waals surface area contributed by atoms with Crippen molar-refractivity contribution < 1.29 is 9.53 Å². The number of carbonyl (C=O) groups excluding carboxylic acids is 1. The Morgan fingerprint density at radius 1 is 1.35 bits per heavy atom. The smallest absolute Gasteiger partial charge is 0.223 e. The minimum absolute atomic E-state index is 0.0254. The van der Waals surface area contributed by atoms with Gasteiger partial charge in [-0.3, -0.25) is 4.79 Å². The number of allylic oxidation sites excluding steroid dienone is 1. The number of carbonyl (C=O) groups is 1. The van der Waals surface area contributed by atoms with Crippen molar-refractivity contribution in [2.45, 2.75) is 58.4 Å². The first-order valence-electron chi connectivity index (χ1n) is 8.67. The van der Waals surface area contributed by atoms with Gasteiger partial charge in [0.1, 0.15) is 5.75 Å². The number of ether oxygens (including phenoxy) is 1. The first-order chi connectivity index (χ1) is 11.1. The lowest BCUT2D eigenvalue weighted by molar-refractivity contribution is -0.125. The molecule has 0 radical (unpaired) electrons. The van der Waals surface area contributed by atoms with Crippen LogP contribution in [0, 0.1) is 5.92 Å². The van der Waals surface area contributed by atoms with Crippen LogP contribution in [0.3, 0.4) is 0 Å². The van der Waals surface area contributed by atoms with Gasteiger partial charge in [-0.05, 0) is 37.5 Å². The number of unbranched alkanes of at least 4 members (excludes halogenated alkanes) is 3. The number of nitrogens with one attached hydrogen (secondary N) is 1. The number of hydrogen-bond acceptors (Lipinski definition) is 2. The zero-order chi connectivity index (χ0) is 17.1. The van der Waals surface area contributed by atoms with Crippen LogP contribution < -0.4 is 10.1 Å². The molecule has 0 aromatic heterocycles. The first kappa shape index (κ1) is 19.3. The van der Waals surface area contributed by atoms with Gasteiger partial charge in [0.25, 0.3) is 0 Å². The Kier molecular flexibility index (Phi) is 9.11. The van der Waals surface area contributed by atoms with Crippen molar-refractivity contribution in [1.82, 2.24) is 5.32 Å². The van der Waals surface area contributed by atoms with E-state index < -0.39 is 0 Å². The molecule has 1 aromatic carbocycles. The number of benzene rings is 1. The maximum absolute atomic E-state index is 12.5. The van der Waals surface area contributed by atoms with E-state index in [9.17, 15) is 4.79 Å². The maximum Gasteiger partial charge on any atom is 0.223 e. The molecule has 1 amide bonds. The van der Waals surface area contributed by atoms with Gasteiger partial charge in [-0.2, -0.15) is 0 Å². The first-order valence-corrected chi connectivity index (χ1v) is 8.67. The minimum atomic E-state index is -0.0273. The van der Waals surface area contributed by atoms with Gasteiger partial charge < -0.3 is 10.1 Å². The summed E-state index contributed by atoms with van der Waals surface area (Å²) in [5.41, 5.74) is 1.06. The molecule has 0 saturated heterocycles. The SMILES string of the molecule is C=CCC(CCCCCC)C(=O)N[C@@H](C)c1cccc(OC)c1. The molecule has 0 saturated carbocycles.